The molecular weight excluding hydrogens is 176 g/mol. The van der Waals surface area contributed by atoms with Gasteiger partial charge in [0.25, 0.3) is 0 Å². The topological polar surface area (TPSA) is 26.3 Å². The molecule has 0 amide bonds. The zero-order chi connectivity index (χ0) is 11.1. The third kappa shape index (κ3) is 4.85. The van der Waals surface area contributed by atoms with E-state index in [1.54, 1.807) is 6.08 Å². The Kier molecular flexibility index (Phi) is 5.93. The Morgan fingerprint density at radius 2 is 2.00 bits per heavy atom. The van der Waals surface area contributed by atoms with E-state index < -0.39 is 0 Å². The van der Waals surface area contributed by atoms with E-state index in [1.165, 1.54) is 0 Å². The highest BCUT2D eigenvalue weighted by atomic mass is 16.5. The average molecular weight is 196 g/mol. The molecule has 80 valence electrons. The smallest absolute Gasteiger partial charge is 0.313 e. The molecule has 0 aromatic heterocycles. The fraction of sp³-hybridized carbons (Fsp3) is 0.583. The minimum Gasteiger partial charge on any atom is -0.461 e. The van der Waals surface area contributed by atoms with Gasteiger partial charge in [-0.2, -0.15) is 0 Å². The first-order chi connectivity index (χ1) is 6.49. The molecule has 0 saturated heterocycles. The van der Waals surface area contributed by atoms with Crippen LogP contribution in [-0.2, 0) is 9.53 Å². The summed E-state index contributed by atoms with van der Waals surface area (Å²) in [6.07, 6.45) is 3.54. The monoisotopic (exact) mass is 196 g/mol. The van der Waals surface area contributed by atoms with Crippen molar-refractivity contribution in [2.45, 2.75) is 27.7 Å². The Hall–Kier alpha value is -1.05. The van der Waals surface area contributed by atoms with E-state index in [1.807, 2.05) is 33.8 Å². The van der Waals surface area contributed by atoms with Gasteiger partial charge in [0.2, 0.25) is 0 Å². The second-order valence-corrected chi connectivity index (χ2v) is 3.93. The number of hydrogen-bond donors (Lipinski definition) is 0. The molecule has 1 unspecified atom stereocenters. The van der Waals surface area contributed by atoms with E-state index in [-0.39, 0.29) is 17.8 Å². The van der Waals surface area contributed by atoms with Crippen LogP contribution in [0.4, 0.5) is 0 Å². The van der Waals surface area contributed by atoms with Crippen LogP contribution in [0.2, 0.25) is 0 Å². The normalized spacial score (nSPS) is 12.1. The first kappa shape index (κ1) is 12.9. The molecule has 0 N–H and O–H groups in total. The quantitative estimate of drug-likeness (QED) is 0.499. The lowest BCUT2D eigenvalue weighted by Gasteiger charge is -2.15. The summed E-state index contributed by atoms with van der Waals surface area (Å²) < 4.78 is 5.01. The molecule has 0 heterocycles. The second-order valence-electron chi connectivity index (χ2n) is 3.93. The van der Waals surface area contributed by atoms with Crippen molar-refractivity contribution >= 4 is 5.97 Å². The standard InChI is InChI=1S/C12H20O2/c1-6-7-14-12(13)11(10(4)5)8-9(2)3/h6,8,10-11H,1,7H2,2-5H3. The van der Waals surface area contributed by atoms with E-state index in [2.05, 4.69) is 6.58 Å². The largest absolute Gasteiger partial charge is 0.461 e. The van der Waals surface area contributed by atoms with Crippen LogP contribution in [0.5, 0.6) is 0 Å². The fourth-order valence-corrected chi connectivity index (χ4v) is 1.13. The minimum absolute atomic E-state index is 0.139. The third-order valence-corrected chi connectivity index (χ3v) is 1.85. The van der Waals surface area contributed by atoms with Crippen molar-refractivity contribution in [3.8, 4) is 0 Å². The van der Waals surface area contributed by atoms with E-state index in [4.69, 9.17) is 4.74 Å². The highest BCUT2D eigenvalue weighted by Gasteiger charge is 2.20. The zero-order valence-electron chi connectivity index (χ0n) is 9.54. The van der Waals surface area contributed by atoms with Gasteiger partial charge in [-0.25, -0.2) is 0 Å². The summed E-state index contributed by atoms with van der Waals surface area (Å²) in [5.74, 6) is -0.0386. The number of carbonyl (C=O) groups excluding carboxylic acids is 1. The molecule has 14 heavy (non-hydrogen) atoms. The van der Waals surface area contributed by atoms with Gasteiger partial charge in [0.15, 0.2) is 0 Å². The molecule has 2 heteroatoms. The fourth-order valence-electron chi connectivity index (χ4n) is 1.13. The van der Waals surface area contributed by atoms with Crippen molar-refractivity contribution in [1.29, 1.82) is 0 Å². The molecule has 0 aromatic rings. The maximum atomic E-state index is 11.6. The van der Waals surface area contributed by atoms with Crippen molar-refractivity contribution in [3.05, 3.63) is 24.3 Å². The molecule has 0 saturated carbocycles. The molecule has 1 atom stereocenters. The van der Waals surface area contributed by atoms with Gasteiger partial charge in [0, 0.05) is 0 Å². The van der Waals surface area contributed by atoms with E-state index in [0.717, 1.165) is 5.57 Å². The Morgan fingerprint density at radius 3 is 2.36 bits per heavy atom. The first-order valence-corrected chi connectivity index (χ1v) is 4.91. The molecule has 0 radical (unpaired) electrons. The van der Waals surface area contributed by atoms with Crippen LogP contribution in [-0.4, -0.2) is 12.6 Å². The molecule has 0 rings (SSSR count). The number of rotatable bonds is 5. The van der Waals surface area contributed by atoms with Crippen molar-refractivity contribution in [2.24, 2.45) is 11.8 Å². The summed E-state index contributed by atoms with van der Waals surface area (Å²) >= 11 is 0. The van der Waals surface area contributed by atoms with Gasteiger partial charge >= 0.3 is 5.97 Å². The van der Waals surface area contributed by atoms with Crippen molar-refractivity contribution in [2.75, 3.05) is 6.61 Å². The highest BCUT2D eigenvalue weighted by Crippen LogP contribution is 2.16. The molecule has 0 aliphatic heterocycles. The Labute approximate surface area is 86.6 Å². The Balaban J connectivity index is 4.42. The Bertz CT molecular complexity index is 222. The van der Waals surface area contributed by atoms with Gasteiger partial charge < -0.3 is 4.74 Å². The van der Waals surface area contributed by atoms with Crippen LogP contribution in [0.1, 0.15) is 27.7 Å². The van der Waals surface area contributed by atoms with Crippen LogP contribution in [0.25, 0.3) is 0 Å². The average Bonchev–Trinajstić information content (AvgIpc) is 2.09. The number of ether oxygens (including phenoxy) is 1. The van der Waals surface area contributed by atoms with Crippen molar-refractivity contribution < 1.29 is 9.53 Å². The van der Waals surface area contributed by atoms with Crippen molar-refractivity contribution in [1.82, 2.24) is 0 Å². The maximum absolute atomic E-state index is 11.6. The third-order valence-electron chi connectivity index (χ3n) is 1.85. The van der Waals surface area contributed by atoms with Crippen LogP contribution in [0.3, 0.4) is 0 Å². The number of carbonyl (C=O) groups is 1. The Morgan fingerprint density at radius 1 is 1.43 bits per heavy atom. The summed E-state index contributed by atoms with van der Waals surface area (Å²) in [5, 5.41) is 0. The molecule has 0 bridgehead atoms. The molecule has 0 aromatic carbocycles. The summed E-state index contributed by atoms with van der Waals surface area (Å²) in [7, 11) is 0. The van der Waals surface area contributed by atoms with Crippen LogP contribution >= 0.6 is 0 Å². The van der Waals surface area contributed by atoms with Gasteiger partial charge in [-0.05, 0) is 19.8 Å². The molecule has 0 aliphatic carbocycles. The summed E-state index contributed by atoms with van der Waals surface area (Å²) in [6, 6.07) is 0. The van der Waals surface area contributed by atoms with Crippen LogP contribution in [0, 0.1) is 11.8 Å². The van der Waals surface area contributed by atoms with Gasteiger partial charge in [-0.1, -0.05) is 38.2 Å². The van der Waals surface area contributed by atoms with Crippen LogP contribution < -0.4 is 0 Å². The van der Waals surface area contributed by atoms with E-state index in [0.29, 0.717) is 6.61 Å². The summed E-state index contributed by atoms with van der Waals surface area (Å²) in [6.45, 7) is 11.8. The summed E-state index contributed by atoms with van der Waals surface area (Å²) in [5.41, 5.74) is 1.14. The number of hydrogen-bond acceptors (Lipinski definition) is 2. The lowest BCUT2D eigenvalue weighted by atomic mass is 9.94. The molecule has 2 nitrogen and oxygen atoms in total. The number of allylic oxidation sites excluding steroid dienone is 1. The number of esters is 1. The predicted octanol–water partition coefficient (Wildman–Crippen LogP) is 2.95. The molecule has 0 fully saturated rings. The molecule has 0 aliphatic rings. The highest BCUT2D eigenvalue weighted by molar-refractivity contribution is 5.75. The van der Waals surface area contributed by atoms with Gasteiger partial charge in [0.05, 0.1) is 5.92 Å². The minimum atomic E-state index is -0.166. The first-order valence-electron chi connectivity index (χ1n) is 4.91. The van der Waals surface area contributed by atoms with Crippen molar-refractivity contribution in [3.63, 3.8) is 0 Å². The van der Waals surface area contributed by atoms with Gasteiger partial charge in [-0.15, -0.1) is 0 Å². The predicted molar refractivity (Wildman–Crippen MR) is 58.9 cm³/mol. The maximum Gasteiger partial charge on any atom is 0.313 e. The molecule has 0 spiro atoms. The van der Waals surface area contributed by atoms with E-state index in [9.17, 15) is 4.79 Å². The SMILES string of the molecule is C=CCOC(=O)C(C=C(C)C)C(C)C. The second kappa shape index (κ2) is 6.41. The molecular formula is C12H20O2. The van der Waals surface area contributed by atoms with Gasteiger partial charge in [0.1, 0.15) is 6.61 Å². The zero-order valence-corrected chi connectivity index (χ0v) is 9.54. The lowest BCUT2D eigenvalue weighted by molar-refractivity contribution is -0.146. The van der Waals surface area contributed by atoms with Crippen LogP contribution in [0.15, 0.2) is 24.3 Å². The van der Waals surface area contributed by atoms with E-state index >= 15 is 0 Å². The summed E-state index contributed by atoms with van der Waals surface area (Å²) in [4.78, 5) is 11.6. The van der Waals surface area contributed by atoms with Gasteiger partial charge in [-0.3, -0.25) is 4.79 Å². The lowest BCUT2D eigenvalue weighted by Crippen LogP contribution is -2.21.